The van der Waals surface area contributed by atoms with E-state index in [0.29, 0.717) is 12.1 Å². The third-order valence-corrected chi connectivity index (χ3v) is 5.05. The molecule has 1 aliphatic rings. The number of carbonyl (C=O) groups is 1. The first-order chi connectivity index (χ1) is 12.2. The van der Waals surface area contributed by atoms with Crippen LogP contribution in [0.3, 0.4) is 0 Å². The van der Waals surface area contributed by atoms with E-state index >= 15 is 0 Å². The number of nitrogens with zero attached hydrogens (tertiary/aromatic N) is 2. The van der Waals surface area contributed by atoms with Gasteiger partial charge in [0, 0.05) is 30.0 Å². The quantitative estimate of drug-likeness (QED) is 0.817. The number of rotatable bonds is 5. The van der Waals surface area contributed by atoms with Gasteiger partial charge in [0.15, 0.2) is 0 Å². The van der Waals surface area contributed by atoms with Crippen LogP contribution in [0.4, 0.5) is 0 Å². The molecule has 0 radical (unpaired) electrons. The molecule has 1 aromatic carbocycles. The van der Waals surface area contributed by atoms with Crippen molar-refractivity contribution in [2.75, 3.05) is 13.1 Å². The summed E-state index contributed by atoms with van der Waals surface area (Å²) in [6, 6.07) is 10.2. The Morgan fingerprint density at radius 3 is 2.52 bits per heavy atom. The number of likely N-dealkylation sites (tertiary alicyclic amines) is 1. The highest BCUT2D eigenvalue weighted by atomic mass is 79.9. The number of amides is 1. The van der Waals surface area contributed by atoms with Gasteiger partial charge < -0.3 is 5.32 Å². The van der Waals surface area contributed by atoms with Crippen molar-refractivity contribution in [2.45, 2.75) is 38.8 Å². The molecule has 0 unspecified atom stereocenters. The van der Waals surface area contributed by atoms with Crippen LogP contribution >= 0.6 is 15.9 Å². The van der Waals surface area contributed by atoms with Crippen LogP contribution in [0.2, 0.25) is 0 Å². The molecular weight excluding hydrogens is 378 g/mol. The van der Waals surface area contributed by atoms with Gasteiger partial charge in [-0.3, -0.25) is 14.7 Å². The second-order valence-electron chi connectivity index (χ2n) is 6.53. The van der Waals surface area contributed by atoms with Crippen molar-refractivity contribution in [3.8, 4) is 0 Å². The van der Waals surface area contributed by atoms with E-state index in [-0.39, 0.29) is 5.91 Å². The summed E-state index contributed by atoms with van der Waals surface area (Å²) in [5.41, 5.74) is 3.06. The summed E-state index contributed by atoms with van der Waals surface area (Å²) in [4.78, 5) is 18.9. The largest absolute Gasteiger partial charge is 0.348 e. The second-order valence-corrected chi connectivity index (χ2v) is 7.45. The summed E-state index contributed by atoms with van der Waals surface area (Å²) in [6.07, 6.45) is 8.52. The summed E-state index contributed by atoms with van der Waals surface area (Å²) in [5, 5.41) is 3.01. The molecule has 4 nitrogen and oxygen atoms in total. The zero-order valence-corrected chi connectivity index (χ0v) is 16.0. The highest BCUT2D eigenvalue weighted by Crippen LogP contribution is 2.16. The van der Waals surface area contributed by atoms with Gasteiger partial charge >= 0.3 is 0 Å². The van der Waals surface area contributed by atoms with Gasteiger partial charge in [0.2, 0.25) is 0 Å². The second kappa shape index (κ2) is 9.11. The van der Waals surface area contributed by atoms with Crippen LogP contribution in [-0.2, 0) is 13.1 Å². The Balaban J connectivity index is 1.63. The predicted octanol–water partition coefficient (Wildman–Crippen LogP) is 4.15. The van der Waals surface area contributed by atoms with Crippen LogP contribution in [0.15, 0.2) is 47.2 Å². The molecule has 2 aromatic rings. The molecule has 0 aliphatic carbocycles. The Bertz CT molecular complexity index is 712. The third-order valence-electron chi connectivity index (χ3n) is 4.62. The Morgan fingerprint density at radius 2 is 1.80 bits per heavy atom. The van der Waals surface area contributed by atoms with Crippen molar-refractivity contribution in [2.24, 2.45) is 0 Å². The number of aromatic nitrogens is 1. The lowest BCUT2D eigenvalue weighted by Crippen LogP contribution is -2.27. The third kappa shape index (κ3) is 5.38. The van der Waals surface area contributed by atoms with Crippen LogP contribution in [0, 0.1) is 0 Å². The zero-order chi connectivity index (χ0) is 17.5. The van der Waals surface area contributed by atoms with E-state index < -0.39 is 0 Å². The number of benzene rings is 1. The Kier molecular flexibility index (Phi) is 6.59. The maximum atomic E-state index is 12.3. The van der Waals surface area contributed by atoms with Crippen LogP contribution in [0.1, 0.15) is 47.2 Å². The van der Waals surface area contributed by atoms with Crippen molar-refractivity contribution in [3.05, 3.63) is 63.9 Å². The molecule has 0 spiro atoms. The van der Waals surface area contributed by atoms with Gasteiger partial charge in [0.05, 0.1) is 5.56 Å². The van der Waals surface area contributed by atoms with E-state index in [1.807, 2.05) is 6.07 Å². The summed E-state index contributed by atoms with van der Waals surface area (Å²) in [6.45, 7) is 3.84. The number of nitrogens with one attached hydrogen (secondary N) is 1. The van der Waals surface area contributed by atoms with Gasteiger partial charge in [-0.1, -0.05) is 37.1 Å². The summed E-state index contributed by atoms with van der Waals surface area (Å²) in [5.74, 6) is -0.0987. The minimum atomic E-state index is -0.0987. The minimum absolute atomic E-state index is 0.0987. The maximum Gasteiger partial charge on any atom is 0.253 e. The number of pyridine rings is 1. The van der Waals surface area contributed by atoms with Gasteiger partial charge in [-0.15, -0.1) is 0 Å². The lowest BCUT2D eigenvalue weighted by molar-refractivity contribution is 0.0950. The predicted molar refractivity (Wildman–Crippen MR) is 103 cm³/mol. The monoisotopic (exact) mass is 401 g/mol. The minimum Gasteiger partial charge on any atom is -0.348 e. The molecule has 5 heteroatoms. The molecule has 132 valence electrons. The van der Waals surface area contributed by atoms with E-state index in [0.717, 1.165) is 11.0 Å². The topological polar surface area (TPSA) is 45.2 Å². The van der Waals surface area contributed by atoms with Crippen LogP contribution in [0.25, 0.3) is 0 Å². The average Bonchev–Trinajstić information content (AvgIpc) is 2.89. The number of hydrogen-bond donors (Lipinski definition) is 1. The molecule has 1 fully saturated rings. The number of carbonyl (C=O) groups excluding carboxylic acids is 1. The van der Waals surface area contributed by atoms with Crippen molar-refractivity contribution in [1.29, 1.82) is 0 Å². The first-order valence-electron chi connectivity index (χ1n) is 8.90. The fraction of sp³-hybridized carbons (Fsp3) is 0.400. The SMILES string of the molecule is O=C(NCc1ccccc1CN1CCCCCC1)c1cncc(Br)c1. The number of halogens is 1. The van der Waals surface area contributed by atoms with Crippen molar-refractivity contribution in [1.82, 2.24) is 15.2 Å². The average molecular weight is 402 g/mol. The lowest BCUT2D eigenvalue weighted by atomic mass is 10.1. The molecule has 0 bridgehead atoms. The van der Waals surface area contributed by atoms with Crippen LogP contribution in [-0.4, -0.2) is 28.9 Å². The summed E-state index contributed by atoms with van der Waals surface area (Å²) < 4.78 is 0.807. The maximum absolute atomic E-state index is 12.3. The van der Waals surface area contributed by atoms with Gasteiger partial charge in [0.25, 0.3) is 5.91 Å². The molecular formula is C20H24BrN3O. The molecule has 1 saturated heterocycles. The molecule has 0 atom stereocenters. The Labute approximate surface area is 157 Å². The molecule has 0 saturated carbocycles. The summed E-state index contributed by atoms with van der Waals surface area (Å²) in [7, 11) is 0. The van der Waals surface area contributed by atoms with E-state index in [4.69, 9.17) is 0 Å². The summed E-state index contributed by atoms with van der Waals surface area (Å²) >= 11 is 3.35. The zero-order valence-electron chi connectivity index (χ0n) is 14.4. The normalized spacial score (nSPS) is 15.6. The molecule has 1 amide bonds. The van der Waals surface area contributed by atoms with Crippen molar-refractivity contribution in [3.63, 3.8) is 0 Å². The molecule has 25 heavy (non-hydrogen) atoms. The molecule has 3 rings (SSSR count). The molecule has 2 heterocycles. The Morgan fingerprint density at radius 1 is 1.08 bits per heavy atom. The molecule has 1 aliphatic heterocycles. The molecule has 1 aromatic heterocycles. The van der Waals surface area contributed by atoms with Crippen molar-refractivity contribution < 1.29 is 4.79 Å². The van der Waals surface area contributed by atoms with Crippen molar-refractivity contribution >= 4 is 21.8 Å². The lowest BCUT2D eigenvalue weighted by Gasteiger charge is -2.21. The van der Waals surface area contributed by atoms with Crippen LogP contribution < -0.4 is 5.32 Å². The van der Waals surface area contributed by atoms with Gasteiger partial charge in [-0.2, -0.15) is 0 Å². The number of hydrogen-bond acceptors (Lipinski definition) is 3. The first kappa shape index (κ1) is 18.1. The molecule has 1 N–H and O–H groups in total. The highest BCUT2D eigenvalue weighted by Gasteiger charge is 2.12. The fourth-order valence-corrected chi connectivity index (χ4v) is 3.60. The smallest absolute Gasteiger partial charge is 0.253 e. The highest BCUT2D eigenvalue weighted by molar-refractivity contribution is 9.10. The first-order valence-corrected chi connectivity index (χ1v) is 9.69. The van der Waals surface area contributed by atoms with E-state index in [2.05, 4.69) is 49.3 Å². The van der Waals surface area contributed by atoms with E-state index in [9.17, 15) is 4.79 Å². The standard InChI is InChI=1S/C20H24BrN3O/c21-19-11-18(12-22-14-19)20(25)23-13-16-7-3-4-8-17(16)15-24-9-5-1-2-6-10-24/h3-4,7-8,11-12,14H,1-2,5-6,9-10,13,15H2,(H,23,25). The Hall–Kier alpha value is -1.72. The van der Waals surface area contributed by atoms with Gasteiger partial charge in [-0.25, -0.2) is 0 Å². The van der Waals surface area contributed by atoms with E-state index in [1.165, 1.54) is 49.9 Å². The fourth-order valence-electron chi connectivity index (χ4n) is 3.23. The van der Waals surface area contributed by atoms with E-state index in [1.54, 1.807) is 18.5 Å². The van der Waals surface area contributed by atoms with Gasteiger partial charge in [-0.05, 0) is 59.1 Å². The van der Waals surface area contributed by atoms with Crippen LogP contribution in [0.5, 0.6) is 0 Å². The van der Waals surface area contributed by atoms with Gasteiger partial charge in [0.1, 0.15) is 0 Å².